The van der Waals surface area contributed by atoms with Crippen LogP contribution in [0.5, 0.6) is 5.75 Å². The maximum Gasteiger partial charge on any atom is 0.335 e. The molecule has 0 saturated heterocycles. The highest BCUT2D eigenvalue weighted by molar-refractivity contribution is 5.95. The second-order valence-corrected chi connectivity index (χ2v) is 4.63. The Bertz CT molecular complexity index is 748. The lowest BCUT2D eigenvalue weighted by molar-refractivity contribution is 0.0696. The number of nitrogens with one attached hydrogen (secondary N) is 1. The number of hydrogen-bond donors (Lipinski definition) is 2. The zero-order chi connectivity index (χ0) is 16.7. The van der Waals surface area contributed by atoms with Crippen molar-refractivity contribution >= 4 is 11.9 Å². The van der Waals surface area contributed by atoms with Gasteiger partial charge in [-0.1, -0.05) is 6.07 Å². The monoisotopic (exact) mass is 310 g/mol. The van der Waals surface area contributed by atoms with Gasteiger partial charge in [-0.3, -0.25) is 4.79 Å². The number of hydrogen-bond acceptors (Lipinski definition) is 4. The van der Waals surface area contributed by atoms with Crippen LogP contribution in [0.1, 0.15) is 26.3 Å². The zero-order valence-electron chi connectivity index (χ0n) is 12.2. The van der Waals surface area contributed by atoms with Crippen LogP contribution in [0.4, 0.5) is 0 Å². The molecule has 0 aliphatic rings. The van der Waals surface area contributed by atoms with E-state index < -0.39 is 5.97 Å². The summed E-state index contributed by atoms with van der Waals surface area (Å²) in [5, 5.41) is 20.3. The number of ether oxygens (including phenoxy) is 1. The molecule has 0 radical (unpaired) electrons. The molecule has 0 saturated carbocycles. The van der Waals surface area contributed by atoms with E-state index >= 15 is 0 Å². The summed E-state index contributed by atoms with van der Waals surface area (Å²) in [7, 11) is 0. The Morgan fingerprint density at radius 3 is 2.48 bits per heavy atom. The number of aromatic carboxylic acids is 1. The van der Waals surface area contributed by atoms with Crippen LogP contribution in [0.15, 0.2) is 48.5 Å². The number of carboxylic acids is 1. The van der Waals surface area contributed by atoms with Gasteiger partial charge in [0.25, 0.3) is 5.91 Å². The van der Waals surface area contributed by atoms with Crippen molar-refractivity contribution in [3.8, 4) is 11.8 Å². The quantitative estimate of drug-likeness (QED) is 0.796. The minimum atomic E-state index is -1.04. The van der Waals surface area contributed by atoms with Crippen molar-refractivity contribution in [3.63, 3.8) is 0 Å². The van der Waals surface area contributed by atoms with Crippen molar-refractivity contribution in [1.82, 2.24) is 5.32 Å². The molecular formula is C17H14N2O4. The van der Waals surface area contributed by atoms with Gasteiger partial charge < -0.3 is 15.2 Å². The minimum absolute atomic E-state index is 0.127. The molecule has 23 heavy (non-hydrogen) atoms. The summed E-state index contributed by atoms with van der Waals surface area (Å²) in [5.41, 5.74) is 1.01. The third-order valence-corrected chi connectivity index (χ3v) is 3.01. The number of carboxylic acid groups (broad SMARTS) is 1. The van der Waals surface area contributed by atoms with Gasteiger partial charge in [0.2, 0.25) is 0 Å². The van der Waals surface area contributed by atoms with Gasteiger partial charge in [0.15, 0.2) is 0 Å². The Morgan fingerprint density at radius 1 is 1.13 bits per heavy atom. The number of benzene rings is 2. The maximum atomic E-state index is 11.9. The first kappa shape index (κ1) is 16.0. The second-order valence-electron chi connectivity index (χ2n) is 4.63. The first-order valence-electron chi connectivity index (χ1n) is 6.84. The Morgan fingerprint density at radius 2 is 1.83 bits per heavy atom. The van der Waals surface area contributed by atoms with Gasteiger partial charge in [0, 0.05) is 5.56 Å². The fourth-order valence-corrected chi connectivity index (χ4v) is 1.86. The number of nitrogens with zero attached hydrogens (tertiary/aromatic N) is 1. The van der Waals surface area contributed by atoms with Crippen LogP contribution >= 0.6 is 0 Å². The highest BCUT2D eigenvalue weighted by Gasteiger charge is 2.07. The highest BCUT2D eigenvalue weighted by Crippen LogP contribution is 2.12. The predicted octanol–water partition coefficient (Wildman–Crippen LogP) is 2.07. The third-order valence-electron chi connectivity index (χ3n) is 3.01. The lowest BCUT2D eigenvalue weighted by Crippen LogP contribution is -2.28. The van der Waals surface area contributed by atoms with Crippen LogP contribution in [0.3, 0.4) is 0 Å². The van der Waals surface area contributed by atoms with Crippen LogP contribution in [-0.2, 0) is 0 Å². The van der Waals surface area contributed by atoms with Crippen molar-refractivity contribution < 1.29 is 19.4 Å². The first-order valence-corrected chi connectivity index (χ1v) is 6.84. The molecule has 0 atom stereocenters. The molecule has 116 valence electrons. The normalized spacial score (nSPS) is 9.70. The Hall–Kier alpha value is -3.33. The van der Waals surface area contributed by atoms with E-state index in [9.17, 15) is 9.59 Å². The largest absolute Gasteiger partial charge is 0.492 e. The summed E-state index contributed by atoms with van der Waals surface area (Å²) in [5.74, 6) is -0.787. The van der Waals surface area contributed by atoms with Gasteiger partial charge in [0.05, 0.1) is 23.7 Å². The summed E-state index contributed by atoms with van der Waals surface area (Å²) >= 11 is 0. The second kappa shape index (κ2) is 7.61. The molecule has 6 nitrogen and oxygen atoms in total. The Labute approximate surface area is 132 Å². The van der Waals surface area contributed by atoms with E-state index in [-0.39, 0.29) is 24.6 Å². The van der Waals surface area contributed by atoms with Gasteiger partial charge in [-0.25, -0.2) is 4.79 Å². The van der Waals surface area contributed by atoms with Gasteiger partial charge in [-0.05, 0) is 42.5 Å². The van der Waals surface area contributed by atoms with E-state index in [1.165, 1.54) is 24.3 Å². The average Bonchev–Trinajstić information content (AvgIpc) is 2.58. The van der Waals surface area contributed by atoms with Crippen molar-refractivity contribution in [3.05, 3.63) is 65.2 Å². The van der Waals surface area contributed by atoms with Crippen molar-refractivity contribution in [2.45, 2.75) is 0 Å². The molecule has 0 unspecified atom stereocenters. The van der Waals surface area contributed by atoms with Crippen LogP contribution in [0.25, 0.3) is 0 Å². The van der Waals surface area contributed by atoms with E-state index in [1.54, 1.807) is 24.3 Å². The highest BCUT2D eigenvalue weighted by atomic mass is 16.5. The van der Waals surface area contributed by atoms with Crippen molar-refractivity contribution in [1.29, 1.82) is 5.26 Å². The van der Waals surface area contributed by atoms with E-state index in [4.69, 9.17) is 15.1 Å². The Kier molecular flexibility index (Phi) is 5.31. The first-order chi connectivity index (χ1) is 11.1. The average molecular weight is 310 g/mol. The van der Waals surface area contributed by atoms with Gasteiger partial charge >= 0.3 is 5.97 Å². The molecule has 0 bridgehead atoms. The molecule has 0 heterocycles. The number of rotatable bonds is 6. The number of amides is 1. The number of carbonyl (C=O) groups is 2. The molecule has 1 amide bonds. The molecule has 0 aliphatic carbocycles. The van der Waals surface area contributed by atoms with Gasteiger partial charge in [0.1, 0.15) is 12.4 Å². The molecule has 2 rings (SSSR count). The number of carbonyl (C=O) groups excluding carboxylic acids is 1. The van der Waals surface area contributed by atoms with Gasteiger partial charge in [-0.15, -0.1) is 0 Å². The van der Waals surface area contributed by atoms with Crippen LogP contribution in [-0.4, -0.2) is 30.1 Å². The molecule has 2 aromatic carbocycles. The predicted molar refractivity (Wildman–Crippen MR) is 82.4 cm³/mol. The fraction of sp³-hybridized carbons (Fsp3) is 0.118. The molecule has 0 aliphatic heterocycles. The molecule has 0 spiro atoms. The van der Waals surface area contributed by atoms with Gasteiger partial charge in [-0.2, -0.15) is 5.26 Å². The molecular weight excluding hydrogens is 296 g/mol. The zero-order valence-corrected chi connectivity index (χ0v) is 12.2. The standard InChI is InChI=1S/C17H14N2O4/c18-11-12-2-1-3-15(10-12)23-9-8-19-16(20)13-4-6-14(7-5-13)17(21)22/h1-7,10H,8-9H2,(H,19,20)(H,21,22). The lowest BCUT2D eigenvalue weighted by atomic mass is 10.1. The minimum Gasteiger partial charge on any atom is -0.492 e. The van der Waals surface area contributed by atoms with Crippen molar-refractivity contribution in [2.24, 2.45) is 0 Å². The fourth-order valence-electron chi connectivity index (χ4n) is 1.86. The summed E-state index contributed by atoms with van der Waals surface area (Å²) in [6, 6.07) is 14.4. The molecule has 6 heteroatoms. The third kappa shape index (κ3) is 4.58. The van der Waals surface area contributed by atoms with E-state index in [0.717, 1.165) is 0 Å². The smallest absolute Gasteiger partial charge is 0.335 e. The lowest BCUT2D eigenvalue weighted by Gasteiger charge is -2.08. The van der Waals surface area contributed by atoms with Crippen molar-refractivity contribution in [2.75, 3.05) is 13.2 Å². The molecule has 0 fully saturated rings. The summed E-state index contributed by atoms with van der Waals surface area (Å²) in [4.78, 5) is 22.6. The summed E-state index contributed by atoms with van der Waals surface area (Å²) < 4.78 is 5.44. The number of nitriles is 1. The molecule has 2 N–H and O–H groups in total. The van der Waals surface area contributed by atoms with Crippen LogP contribution in [0.2, 0.25) is 0 Å². The summed E-state index contributed by atoms with van der Waals surface area (Å²) in [6.45, 7) is 0.546. The van der Waals surface area contributed by atoms with E-state index in [0.29, 0.717) is 16.9 Å². The molecule has 0 aromatic heterocycles. The van der Waals surface area contributed by atoms with Crippen LogP contribution < -0.4 is 10.1 Å². The Balaban J connectivity index is 1.80. The molecule has 2 aromatic rings. The summed E-state index contributed by atoms with van der Waals surface area (Å²) in [6.07, 6.45) is 0. The maximum absolute atomic E-state index is 11.9. The van der Waals surface area contributed by atoms with E-state index in [1.807, 2.05) is 6.07 Å². The van der Waals surface area contributed by atoms with E-state index in [2.05, 4.69) is 5.32 Å². The SMILES string of the molecule is N#Cc1cccc(OCCNC(=O)c2ccc(C(=O)O)cc2)c1. The topological polar surface area (TPSA) is 99.4 Å². The van der Waals surface area contributed by atoms with Crippen LogP contribution in [0, 0.1) is 11.3 Å².